The number of anilines is 1. The van der Waals surface area contributed by atoms with Crippen LogP contribution in [0.15, 0.2) is 58.3 Å². The predicted octanol–water partition coefficient (Wildman–Crippen LogP) is 5.88. The number of aromatic nitrogens is 3. The van der Waals surface area contributed by atoms with Gasteiger partial charge in [-0.2, -0.15) is 0 Å². The second kappa shape index (κ2) is 12.0. The molecule has 0 unspecified atom stereocenters. The van der Waals surface area contributed by atoms with Crippen molar-refractivity contribution in [3.63, 3.8) is 0 Å². The molecule has 9 nitrogen and oxygen atoms in total. The van der Waals surface area contributed by atoms with Crippen LogP contribution in [0.2, 0.25) is 0 Å². The van der Waals surface area contributed by atoms with E-state index in [1.807, 2.05) is 18.4 Å². The second-order valence-corrected chi connectivity index (χ2v) is 10.2. The van der Waals surface area contributed by atoms with Gasteiger partial charge < -0.3 is 19.8 Å². The van der Waals surface area contributed by atoms with Crippen molar-refractivity contribution in [2.24, 2.45) is 0 Å². The number of nitrogens with one attached hydrogen (secondary N) is 2. The molecule has 3 aromatic heterocycles. The van der Waals surface area contributed by atoms with Gasteiger partial charge in [-0.1, -0.05) is 0 Å². The number of hydrogen-bond donors (Lipinski definition) is 2. The number of benzene rings is 2. The minimum Gasteiger partial charge on any atom is -0.496 e. The molecule has 11 heteroatoms. The summed E-state index contributed by atoms with van der Waals surface area (Å²) < 4.78 is 10.5. The van der Waals surface area contributed by atoms with Gasteiger partial charge in [-0.3, -0.25) is 14.4 Å². The lowest BCUT2D eigenvalue weighted by Gasteiger charge is -2.14. The Morgan fingerprint density at radius 2 is 1.59 bits per heavy atom. The third kappa shape index (κ3) is 5.89. The number of thiazole rings is 2. The van der Waals surface area contributed by atoms with E-state index in [0.717, 1.165) is 27.5 Å². The molecule has 0 saturated carbocycles. The van der Waals surface area contributed by atoms with Gasteiger partial charge in [0.2, 0.25) is 0 Å². The van der Waals surface area contributed by atoms with Crippen LogP contribution in [0.3, 0.4) is 0 Å². The second-order valence-electron chi connectivity index (χ2n) is 8.36. The van der Waals surface area contributed by atoms with E-state index in [2.05, 4.69) is 20.3 Å². The molecule has 0 saturated heterocycles. The standard InChI is InChI=1S/C14H14N2O3S.C14H12N2O2S/c1-8-11(19-3)5-4-10(9(2)17)12(8)16-13(18)14-15-6-7-20-14;1-8-12(18-2)4-3-9-11(17)7-10(16-13(8)9)14-15-5-6-19-14/h4-7H,1-3H3,(H,16,18);3-7H,1-2H3,(H,16,17). The average Bonchev–Trinajstić information content (AvgIpc) is 3.66. The molecule has 0 aliphatic carbocycles. The first-order valence-electron chi connectivity index (χ1n) is 11.7. The Morgan fingerprint density at radius 1 is 0.923 bits per heavy atom. The van der Waals surface area contributed by atoms with Crippen LogP contribution in [0.1, 0.15) is 38.2 Å². The highest BCUT2D eigenvalue weighted by Crippen LogP contribution is 2.30. The van der Waals surface area contributed by atoms with Crippen LogP contribution in [0, 0.1) is 13.8 Å². The van der Waals surface area contributed by atoms with Gasteiger partial charge in [0, 0.05) is 51.3 Å². The zero-order chi connectivity index (χ0) is 28.1. The van der Waals surface area contributed by atoms with Crippen LogP contribution < -0.4 is 20.2 Å². The highest BCUT2D eigenvalue weighted by atomic mass is 32.1. The molecule has 2 aromatic carbocycles. The summed E-state index contributed by atoms with van der Waals surface area (Å²) >= 11 is 2.74. The van der Waals surface area contributed by atoms with Gasteiger partial charge in [0.05, 0.1) is 31.1 Å². The molecule has 0 radical (unpaired) electrons. The van der Waals surface area contributed by atoms with E-state index < -0.39 is 0 Å². The number of ketones is 1. The van der Waals surface area contributed by atoms with E-state index in [4.69, 9.17) is 9.47 Å². The molecule has 0 fully saturated rings. The highest BCUT2D eigenvalue weighted by molar-refractivity contribution is 7.13. The Kier molecular flexibility index (Phi) is 8.52. The van der Waals surface area contributed by atoms with Crippen molar-refractivity contribution < 1.29 is 19.1 Å². The molecule has 2 N–H and O–H groups in total. The number of hydrogen-bond acceptors (Lipinski definition) is 9. The molecule has 1 amide bonds. The molecular formula is C28H26N4O5S2. The number of carbonyl (C=O) groups is 2. The van der Waals surface area contributed by atoms with Gasteiger partial charge in [0.1, 0.15) is 16.5 Å². The van der Waals surface area contributed by atoms with Crippen molar-refractivity contribution in [2.75, 3.05) is 19.5 Å². The fourth-order valence-corrected chi connectivity index (χ4v) is 5.14. The number of rotatable bonds is 6. The van der Waals surface area contributed by atoms with Crippen LogP contribution in [-0.2, 0) is 0 Å². The summed E-state index contributed by atoms with van der Waals surface area (Å²) in [7, 11) is 3.17. The number of aryl methyl sites for hydroxylation is 1. The zero-order valence-corrected chi connectivity index (χ0v) is 23.6. The van der Waals surface area contributed by atoms with Crippen molar-refractivity contribution in [3.8, 4) is 22.2 Å². The monoisotopic (exact) mass is 562 g/mol. The van der Waals surface area contributed by atoms with Crippen molar-refractivity contribution in [1.82, 2.24) is 15.0 Å². The summed E-state index contributed by atoms with van der Waals surface area (Å²) in [6.07, 6.45) is 3.28. The van der Waals surface area contributed by atoms with Crippen molar-refractivity contribution in [3.05, 3.63) is 85.4 Å². The maximum Gasteiger partial charge on any atom is 0.284 e. The summed E-state index contributed by atoms with van der Waals surface area (Å²) in [5, 5.41) is 8.17. The number of fused-ring (bicyclic) bond motifs is 1. The lowest BCUT2D eigenvalue weighted by atomic mass is 10.0. The SMILES string of the molecule is COc1ccc(C(C)=O)c(NC(=O)c2nccs2)c1C.COc1ccc2c(=O)cc(-c3nccs3)[nH]c2c1C. The Labute approximate surface area is 232 Å². The van der Waals surface area contributed by atoms with Gasteiger partial charge in [-0.05, 0) is 45.0 Å². The molecule has 39 heavy (non-hydrogen) atoms. The number of carbonyl (C=O) groups excluding carboxylic acids is 2. The first kappa shape index (κ1) is 27.7. The van der Waals surface area contributed by atoms with Crippen molar-refractivity contribution in [1.29, 1.82) is 0 Å². The molecule has 0 bridgehead atoms. The topological polar surface area (TPSA) is 123 Å². The van der Waals surface area contributed by atoms with Crippen LogP contribution in [0.5, 0.6) is 11.5 Å². The van der Waals surface area contributed by atoms with Crippen LogP contribution in [0.4, 0.5) is 5.69 Å². The Morgan fingerprint density at radius 3 is 2.21 bits per heavy atom. The van der Waals surface area contributed by atoms with Gasteiger partial charge in [-0.15, -0.1) is 22.7 Å². The van der Waals surface area contributed by atoms with E-state index in [-0.39, 0.29) is 17.1 Å². The first-order chi connectivity index (χ1) is 18.7. The molecule has 200 valence electrons. The summed E-state index contributed by atoms with van der Waals surface area (Å²) in [4.78, 5) is 47.4. The smallest absolute Gasteiger partial charge is 0.284 e. The van der Waals surface area contributed by atoms with Crippen LogP contribution in [-0.4, -0.2) is 40.9 Å². The summed E-state index contributed by atoms with van der Waals surface area (Å²) in [6.45, 7) is 5.19. The normalized spacial score (nSPS) is 10.5. The number of nitrogens with zero attached hydrogens (tertiary/aromatic N) is 2. The summed E-state index contributed by atoms with van der Waals surface area (Å²) in [5.41, 5.74) is 4.09. The number of amides is 1. The third-order valence-corrected chi connectivity index (χ3v) is 7.56. The number of pyridine rings is 1. The van der Waals surface area contributed by atoms with E-state index in [0.29, 0.717) is 33.0 Å². The Balaban J connectivity index is 0.000000181. The molecule has 0 atom stereocenters. The number of ether oxygens (including phenoxy) is 2. The van der Waals surface area contributed by atoms with E-state index in [1.54, 1.807) is 63.2 Å². The Hall–Kier alpha value is -4.35. The minimum absolute atomic E-state index is 0.00953. The maximum absolute atomic E-state index is 12.2. The number of methoxy groups -OCH3 is 2. The van der Waals surface area contributed by atoms with E-state index >= 15 is 0 Å². The van der Waals surface area contributed by atoms with Gasteiger partial charge >= 0.3 is 0 Å². The molecule has 5 rings (SSSR count). The lowest BCUT2D eigenvalue weighted by Crippen LogP contribution is -2.15. The predicted molar refractivity (Wildman–Crippen MR) is 155 cm³/mol. The quantitative estimate of drug-likeness (QED) is 0.248. The Bertz CT molecular complexity index is 1690. The van der Waals surface area contributed by atoms with E-state index in [9.17, 15) is 14.4 Å². The number of aromatic amines is 1. The fraction of sp³-hybridized carbons (Fsp3) is 0.179. The molecule has 3 heterocycles. The molecule has 5 aromatic rings. The molecule has 0 aliphatic rings. The zero-order valence-electron chi connectivity index (χ0n) is 21.9. The molecule has 0 aliphatic heterocycles. The highest BCUT2D eigenvalue weighted by Gasteiger charge is 2.18. The van der Waals surface area contributed by atoms with Crippen molar-refractivity contribution >= 4 is 51.0 Å². The summed E-state index contributed by atoms with van der Waals surface area (Å²) in [5.74, 6) is 0.924. The number of Topliss-reactive ketones (excluding diaryl/α,β-unsaturated/α-hetero) is 1. The molecular weight excluding hydrogens is 536 g/mol. The molecule has 0 spiro atoms. The first-order valence-corrected chi connectivity index (χ1v) is 13.5. The average molecular weight is 563 g/mol. The van der Waals surface area contributed by atoms with Gasteiger partial charge in [0.15, 0.2) is 16.2 Å². The van der Waals surface area contributed by atoms with E-state index in [1.165, 1.54) is 29.6 Å². The largest absolute Gasteiger partial charge is 0.496 e. The van der Waals surface area contributed by atoms with Gasteiger partial charge in [0.25, 0.3) is 5.91 Å². The maximum atomic E-state index is 12.2. The minimum atomic E-state index is -0.334. The van der Waals surface area contributed by atoms with Crippen LogP contribution in [0.25, 0.3) is 21.6 Å². The number of H-pyrrole nitrogens is 1. The van der Waals surface area contributed by atoms with Gasteiger partial charge in [-0.25, -0.2) is 9.97 Å². The third-order valence-electron chi connectivity index (χ3n) is 5.98. The van der Waals surface area contributed by atoms with Crippen LogP contribution >= 0.6 is 22.7 Å². The lowest BCUT2D eigenvalue weighted by molar-refractivity contribution is 0.101. The fourth-order valence-electron chi connectivity index (χ4n) is 4.00. The van der Waals surface area contributed by atoms with Crippen molar-refractivity contribution in [2.45, 2.75) is 20.8 Å². The summed E-state index contributed by atoms with van der Waals surface area (Å²) in [6, 6.07) is 8.55.